The van der Waals surface area contributed by atoms with Crippen molar-refractivity contribution < 1.29 is 23.5 Å². The quantitative estimate of drug-likeness (QED) is 0.567. The summed E-state index contributed by atoms with van der Waals surface area (Å²) in [5.74, 6) is -0.824. The van der Waals surface area contributed by atoms with Gasteiger partial charge in [-0.05, 0) is 76.0 Å². The number of carbonyl (C=O) groups is 2. The smallest absolute Gasteiger partial charge is 0.410 e. The molecule has 0 aromatic heterocycles. The summed E-state index contributed by atoms with van der Waals surface area (Å²) in [6.07, 6.45) is 4.70. The van der Waals surface area contributed by atoms with Gasteiger partial charge in [0.2, 0.25) is 0 Å². The van der Waals surface area contributed by atoms with E-state index in [9.17, 15) is 14.0 Å². The standard InChI is InChI=1S/C24H33FN2O4.C2H6/c1-23(2,3)31-22(29)26-11-8-24(9-12-26)7-5-20(24)27-10-6-16-13-17(21(28)30-4)14-19(25)18(16)15-27;1-2/h13-14,20H,5-12,15H2,1-4H3;1-2H3. The molecule has 0 radical (unpaired) electrons. The summed E-state index contributed by atoms with van der Waals surface area (Å²) >= 11 is 0. The number of methoxy groups -OCH3 is 1. The number of benzene rings is 1. The molecule has 7 heteroatoms. The lowest BCUT2D eigenvalue weighted by Gasteiger charge is -2.58. The Morgan fingerprint density at radius 3 is 2.30 bits per heavy atom. The zero-order valence-corrected chi connectivity index (χ0v) is 21.0. The number of piperidine rings is 1. The van der Waals surface area contributed by atoms with Gasteiger partial charge in [0, 0.05) is 37.8 Å². The number of rotatable bonds is 2. The van der Waals surface area contributed by atoms with Gasteiger partial charge in [-0.15, -0.1) is 0 Å². The lowest BCUT2D eigenvalue weighted by atomic mass is 9.58. The van der Waals surface area contributed by atoms with E-state index in [1.165, 1.54) is 13.2 Å². The first-order valence-electron chi connectivity index (χ1n) is 12.2. The van der Waals surface area contributed by atoms with Gasteiger partial charge < -0.3 is 14.4 Å². The number of fused-ring (bicyclic) bond motifs is 1. The molecule has 2 heterocycles. The molecule has 0 bridgehead atoms. The molecule has 6 nitrogen and oxygen atoms in total. The first kappa shape index (κ1) is 25.5. The van der Waals surface area contributed by atoms with Crippen LogP contribution in [0.5, 0.6) is 0 Å². The van der Waals surface area contributed by atoms with Crippen LogP contribution in [0, 0.1) is 11.2 Å². The van der Waals surface area contributed by atoms with Gasteiger partial charge in [-0.2, -0.15) is 0 Å². The van der Waals surface area contributed by atoms with Crippen molar-refractivity contribution in [3.05, 3.63) is 34.6 Å². The number of hydrogen-bond acceptors (Lipinski definition) is 5. The van der Waals surface area contributed by atoms with Crippen LogP contribution in [0.2, 0.25) is 0 Å². The van der Waals surface area contributed by atoms with Crippen molar-refractivity contribution in [2.75, 3.05) is 26.7 Å². The van der Waals surface area contributed by atoms with E-state index in [1.807, 2.05) is 39.5 Å². The van der Waals surface area contributed by atoms with Crippen molar-refractivity contribution in [3.63, 3.8) is 0 Å². The molecule has 33 heavy (non-hydrogen) atoms. The molecule has 1 spiro atoms. The van der Waals surface area contributed by atoms with Crippen LogP contribution >= 0.6 is 0 Å². The maximum absolute atomic E-state index is 14.8. The van der Waals surface area contributed by atoms with Crippen molar-refractivity contribution in [1.82, 2.24) is 9.80 Å². The fourth-order valence-electron chi connectivity index (χ4n) is 5.44. The van der Waals surface area contributed by atoms with E-state index in [2.05, 4.69) is 4.90 Å². The summed E-state index contributed by atoms with van der Waals surface area (Å²) in [6.45, 7) is 12.5. The summed E-state index contributed by atoms with van der Waals surface area (Å²) in [4.78, 5) is 28.4. The molecule has 4 rings (SSSR count). The van der Waals surface area contributed by atoms with Gasteiger partial charge >= 0.3 is 12.1 Å². The second kappa shape index (κ2) is 10.00. The van der Waals surface area contributed by atoms with Crippen LogP contribution in [-0.2, 0) is 22.4 Å². The Hall–Kier alpha value is -2.15. The van der Waals surface area contributed by atoms with E-state index in [4.69, 9.17) is 9.47 Å². The molecule has 1 aromatic rings. The van der Waals surface area contributed by atoms with Crippen LogP contribution in [0.15, 0.2) is 12.1 Å². The number of carbonyl (C=O) groups excluding carboxylic acids is 2. The molecule has 0 N–H and O–H groups in total. The van der Waals surface area contributed by atoms with Crippen molar-refractivity contribution in [1.29, 1.82) is 0 Å². The summed E-state index contributed by atoms with van der Waals surface area (Å²) in [5.41, 5.74) is 1.61. The van der Waals surface area contributed by atoms with Crippen molar-refractivity contribution in [2.24, 2.45) is 5.41 Å². The van der Waals surface area contributed by atoms with Crippen LogP contribution in [-0.4, -0.2) is 60.2 Å². The average molecular weight is 463 g/mol. The number of hydrogen-bond donors (Lipinski definition) is 0. The van der Waals surface area contributed by atoms with Gasteiger partial charge in [0.05, 0.1) is 12.7 Å². The van der Waals surface area contributed by atoms with Crippen LogP contribution in [0.3, 0.4) is 0 Å². The largest absolute Gasteiger partial charge is 0.465 e. The second-order valence-electron chi connectivity index (χ2n) is 10.2. The predicted molar refractivity (Wildman–Crippen MR) is 126 cm³/mol. The van der Waals surface area contributed by atoms with Crippen LogP contribution in [0.25, 0.3) is 0 Å². The van der Waals surface area contributed by atoms with E-state index in [-0.39, 0.29) is 22.9 Å². The topological polar surface area (TPSA) is 59.1 Å². The lowest BCUT2D eigenvalue weighted by molar-refractivity contribution is -0.0751. The third-order valence-corrected chi connectivity index (χ3v) is 7.21. The fourth-order valence-corrected chi connectivity index (χ4v) is 5.44. The minimum atomic E-state index is -0.501. The number of esters is 1. The molecule has 1 aliphatic carbocycles. The maximum Gasteiger partial charge on any atom is 0.410 e. The van der Waals surface area contributed by atoms with E-state index in [1.54, 1.807) is 6.07 Å². The SMILES string of the molecule is CC.COC(=O)c1cc(F)c2c(c1)CCN(C1CCC13CCN(C(=O)OC(C)(C)C)CC3)C2. The number of likely N-dealkylation sites (tertiary alicyclic amines) is 1. The Morgan fingerprint density at radius 2 is 1.76 bits per heavy atom. The van der Waals surface area contributed by atoms with E-state index >= 15 is 0 Å². The second-order valence-corrected chi connectivity index (χ2v) is 10.2. The predicted octanol–water partition coefficient (Wildman–Crippen LogP) is 5.18. The van der Waals surface area contributed by atoms with Crippen molar-refractivity contribution in [3.8, 4) is 0 Å². The highest BCUT2D eigenvalue weighted by atomic mass is 19.1. The third-order valence-electron chi connectivity index (χ3n) is 7.21. The van der Waals surface area contributed by atoms with E-state index in [0.717, 1.165) is 44.2 Å². The molecule has 184 valence electrons. The molecule has 1 amide bonds. The molecular formula is C26H39FN2O4. The average Bonchev–Trinajstić information content (AvgIpc) is 2.78. The zero-order chi connectivity index (χ0) is 24.4. The molecule has 2 fully saturated rings. The number of amides is 1. The molecular weight excluding hydrogens is 423 g/mol. The maximum atomic E-state index is 14.8. The Morgan fingerprint density at radius 1 is 1.09 bits per heavy atom. The molecule has 1 atom stereocenters. The molecule has 1 saturated heterocycles. The summed E-state index contributed by atoms with van der Waals surface area (Å²) in [5, 5.41) is 0. The van der Waals surface area contributed by atoms with Gasteiger partial charge in [0.1, 0.15) is 11.4 Å². The van der Waals surface area contributed by atoms with Crippen LogP contribution < -0.4 is 0 Å². The van der Waals surface area contributed by atoms with Crippen LogP contribution in [0.1, 0.15) is 81.8 Å². The number of halogens is 1. The van der Waals surface area contributed by atoms with Crippen LogP contribution in [0.4, 0.5) is 9.18 Å². The molecule has 3 aliphatic rings. The van der Waals surface area contributed by atoms with E-state index < -0.39 is 11.6 Å². The van der Waals surface area contributed by atoms with Gasteiger partial charge in [0.25, 0.3) is 0 Å². The third kappa shape index (κ3) is 5.34. The zero-order valence-electron chi connectivity index (χ0n) is 21.0. The van der Waals surface area contributed by atoms with Gasteiger partial charge in [0.15, 0.2) is 0 Å². The first-order valence-corrected chi connectivity index (χ1v) is 12.2. The Balaban J connectivity index is 0.00000149. The lowest BCUT2D eigenvalue weighted by Crippen LogP contribution is -2.60. The van der Waals surface area contributed by atoms with E-state index in [0.29, 0.717) is 31.2 Å². The first-order chi connectivity index (χ1) is 15.6. The normalized spacial score (nSPS) is 21.9. The fraction of sp³-hybridized carbons (Fsp3) is 0.692. The Labute approximate surface area is 197 Å². The highest BCUT2D eigenvalue weighted by Gasteiger charge is 2.51. The van der Waals surface area contributed by atoms with Gasteiger partial charge in [-0.25, -0.2) is 14.0 Å². The summed E-state index contributed by atoms with van der Waals surface area (Å²) in [6, 6.07) is 3.49. The highest BCUT2D eigenvalue weighted by Crippen LogP contribution is 2.52. The summed E-state index contributed by atoms with van der Waals surface area (Å²) < 4.78 is 25.1. The Kier molecular flexibility index (Phi) is 7.72. The highest BCUT2D eigenvalue weighted by molar-refractivity contribution is 5.89. The molecule has 1 unspecified atom stereocenters. The van der Waals surface area contributed by atoms with Crippen molar-refractivity contribution in [2.45, 2.75) is 84.9 Å². The summed E-state index contributed by atoms with van der Waals surface area (Å²) in [7, 11) is 1.31. The minimum absolute atomic E-state index is 0.207. The number of nitrogens with zero attached hydrogens (tertiary/aromatic N) is 2. The van der Waals surface area contributed by atoms with Gasteiger partial charge in [-0.3, -0.25) is 4.90 Å². The molecule has 1 saturated carbocycles. The van der Waals surface area contributed by atoms with Crippen molar-refractivity contribution >= 4 is 12.1 Å². The minimum Gasteiger partial charge on any atom is -0.465 e. The Bertz CT molecular complexity index is 872. The number of ether oxygens (including phenoxy) is 2. The monoisotopic (exact) mass is 462 g/mol. The molecule has 2 aliphatic heterocycles. The molecule has 1 aromatic carbocycles. The van der Waals surface area contributed by atoms with Gasteiger partial charge in [-0.1, -0.05) is 13.8 Å².